The molecule has 0 saturated heterocycles. The van der Waals surface area contributed by atoms with Crippen molar-refractivity contribution in [3.05, 3.63) is 27.3 Å². The molecule has 1 aromatic rings. The lowest BCUT2D eigenvalue weighted by atomic mass is 10.1. The summed E-state index contributed by atoms with van der Waals surface area (Å²) in [5.41, 5.74) is 1.92. The van der Waals surface area contributed by atoms with E-state index in [1.807, 2.05) is 25.1 Å². The van der Waals surface area contributed by atoms with Crippen molar-refractivity contribution >= 4 is 28.3 Å². The average Bonchev–Trinajstić information content (AvgIpc) is 2.17. The predicted molar refractivity (Wildman–Crippen MR) is 64.9 cm³/mol. The molecule has 76 valence electrons. The van der Waals surface area contributed by atoms with Crippen molar-refractivity contribution in [1.82, 2.24) is 0 Å². The molecule has 0 saturated carbocycles. The van der Waals surface area contributed by atoms with Crippen LogP contribution in [0.4, 0.5) is 0 Å². The van der Waals surface area contributed by atoms with Gasteiger partial charge < -0.3 is 9.57 Å². The number of rotatable bonds is 3. The van der Waals surface area contributed by atoms with Gasteiger partial charge in [-0.2, -0.15) is 0 Å². The molecule has 0 radical (unpaired) electrons. The van der Waals surface area contributed by atoms with Crippen LogP contribution in [-0.4, -0.2) is 19.9 Å². The Labute approximate surface area is 97.2 Å². The summed E-state index contributed by atoms with van der Waals surface area (Å²) in [5, 5.41) is 3.88. The number of methoxy groups -OCH3 is 1. The van der Waals surface area contributed by atoms with E-state index in [0.717, 1.165) is 20.6 Å². The Morgan fingerprint density at radius 1 is 1.36 bits per heavy atom. The summed E-state index contributed by atoms with van der Waals surface area (Å²) in [7, 11) is 3.20. The Hall–Kier alpha value is -0.780. The van der Waals surface area contributed by atoms with Crippen LogP contribution in [0.3, 0.4) is 0 Å². The fraction of sp³-hybridized carbons (Fsp3) is 0.300. The monoisotopic (exact) mass is 305 g/mol. The van der Waals surface area contributed by atoms with Crippen LogP contribution < -0.4 is 4.74 Å². The van der Waals surface area contributed by atoms with E-state index in [0.29, 0.717) is 0 Å². The number of oxime groups is 1. The average molecular weight is 305 g/mol. The lowest BCUT2D eigenvalue weighted by Crippen LogP contribution is -1.99. The van der Waals surface area contributed by atoms with Crippen molar-refractivity contribution in [3.63, 3.8) is 0 Å². The maximum Gasteiger partial charge on any atom is 0.119 e. The Morgan fingerprint density at radius 3 is 2.57 bits per heavy atom. The number of ether oxygens (including phenoxy) is 1. The van der Waals surface area contributed by atoms with Crippen molar-refractivity contribution in [1.29, 1.82) is 0 Å². The zero-order valence-corrected chi connectivity index (χ0v) is 10.5. The summed E-state index contributed by atoms with van der Waals surface area (Å²) in [6.45, 7) is 1.91. The topological polar surface area (TPSA) is 30.8 Å². The van der Waals surface area contributed by atoms with Gasteiger partial charge in [0.05, 0.1) is 12.8 Å². The van der Waals surface area contributed by atoms with Crippen LogP contribution in [0.25, 0.3) is 0 Å². The van der Waals surface area contributed by atoms with Crippen LogP contribution in [-0.2, 0) is 4.84 Å². The first-order valence-electron chi connectivity index (χ1n) is 4.10. The Balaban J connectivity index is 3.05. The van der Waals surface area contributed by atoms with Crippen molar-refractivity contribution in [2.45, 2.75) is 6.92 Å². The van der Waals surface area contributed by atoms with E-state index in [2.05, 4.69) is 27.7 Å². The van der Waals surface area contributed by atoms with Crippen LogP contribution in [0.2, 0.25) is 0 Å². The van der Waals surface area contributed by atoms with Gasteiger partial charge in [0, 0.05) is 9.13 Å². The van der Waals surface area contributed by atoms with E-state index in [4.69, 9.17) is 9.57 Å². The highest BCUT2D eigenvalue weighted by Gasteiger charge is 2.04. The van der Waals surface area contributed by atoms with Crippen molar-refractivity contribution < 1.29 is 9.57 Å². The van der Waals surface area contributed by atoms with Crippen molar-refractivity contribution in [3.8, 4) is 5.75 Å². The van der Waals surface area contributed by atoms with Gasteiger partial charge in [-0.1, -0.05) is 5.16 Å². The highest BCUT2D eigenvalue weighted by molar-refractivity contribution is 14.1. The molecular weight excluding hydrogens is 293 g/mol. The van der Waals surface area contributed by atoms with Gasteiger partial charge in [-0.3, -0.25) is 0 Å². The predicted octanol–water partition coefficient (Wildman–Crippen LogP) is 2.67. The summed E-state index contributed by atoms with van der Waals surface area (Å²) < 4.78 is 6.21. The van der Waals surface area contributed by atoms with Crippen LogP contribution in [0, 0.1) is 3.57 Å². The Bertz CT molecular complexity index is 350. The maximum atomic E-state index is 5.11. The van der Waals surface area contributed by atoms with Crippen LogP contribution in [0.5, 0.6) is 5.75 Å². The van der Waals surface area contributed by atoms with E-state index in [1.165, 1.54) is 0 Å². The van der Waals surface area contributed by atoms with Gasteiger partial charge in [-0.25, -0.2) is 0 Å². The Kier molecular flexibility index (Phi) is 4.19. The van der Waals surface area contributed by atoms with Gasteiger partial charge in [0.15, 0.2) is 0 Å². The smallest absolute Gasteiger partial charge is 0.119 e. The highest BCUT2D eigenvalue weighted by Crippen LogP contribution is 2.20. The van der Waals surface area contributed by atoms with Gasteiger partial charge in [0.2, 0.25) is 0 Å². The Morgan fingerprint density at radius 2 is 2.07 bits per heavy atom. The third-order valence-corrected chi connectivity index (χ3v) is 2.69. The second-order valence-corrected chi connectivity index (χ2v) is 3.87. The molecule has 0 aliphatic carbocycles. The van der Waals surface area contributed by atoms with E-state index in [-0.39, 0.29) is 0 Å². The molecule has 0 unspecified atom stereocenters. The van der Waals surface area contributed by atoms with E-state index >= 15 is 0 Å². The molecular formula is C10H12INO2. The zero-order valence-electron chi connectivity index (χ0n) is 8.37. The highest BCUT2D eigenvalue weighted by atomic mass is 127. The number of hydrogen-bond acceptors (Lipinski definition) is 3. The molecule has 1 rings (SSSR count). The van der Waals surface area contributed by atoms with Gasteiger partial charge in [-0.05, 0) is 47.7 Å². The van der Waals surface area contributed by atoms with Gasteiger partial charge in [0.25, 0.3) is 0 Å². The minimum atomic E-state index is 0.850. The minimum Gasteiger partial charge on any atom is -0.497 e. The van der Waals surface area contributed by atoms with Crippen LogP contribution in [0.15, 0.2) is 23.4 Å². The molecule has 0 aliphatic heterocycles. The first kappa shape index (κ1) is 11.3. The molecule has 0 amide bonds. The molecule has 0 atom stereocenters. The lowest BCUT2D eigenvalue weighted by molar-refractivity contribution is 0.213. The molecule has 0 spiro atoms. The molecule has 0 aliphatic rings. The van der Waals surface area contributed by atoms with Gasteiger partial charge >= 0.3 is 0 Å². The van der Waals surface area contributed by atoms with Crippen LogP contribution >= 0.6 is 22.6 Å². The molecule has 4 heteroatoms. The quantitative estimate of drug-likeness (QED) is 0.488. The summed E-state index contributed by atoms with van der Waals surface area (Å²) in [5.74, 6) is 0.850. The molecule has 14 heavy (non-hydrogen) atoms. The number of nitrogens with zero attached hydrogens (tertiary/aromatic N) is 1. The van der Waals surface area contributed by atoms with E-state index in [9.17, 15) is 0 Å². The summed E-state index contributed by atoms with van der Waals surface area (Å²) in [6, 6.07) is 5.84. The largest absolute Gasteiger partial charge is 0.497 e. The molecule has 0 heterocycles. The molecule has 3 nitrogen and oxygen atoms in total. The third-order valence-electron chi connectivity index (χ3n) is 1.79. The second-order valence-electron chi connectivity index (χ2n) is 2.71. The van der Waals surface area contributed by atoms with Gasteiger partial charge in [0.1, 0.15) is 12.9 Å². The van der Waals surface area contributed by atoms with Crippen molar-refractivity contribution in [2.75, 3.05) is 14.2 Å². The molecule has 1 aromatic carbocycles. The minimum absolute atomic E-state index is 0.850. The number of halogens is 1. The first-order valence-corrected chi connectivity index (χ1v) is 5.18. The molecule has 0 aromatic heterocycles. The number of hydrogen-bond donors (Lipinski definition) is 0. The summed E-state index contributed by atoms with van der Waals surface area (Å²) in [6.07, 6.45) is 0. The molecule has 0 N–H and O–H groups in total. The molecule has 0 bridgehead atoms. The van der Waals surface area contributed by atoms with E-state index in [1.54, 1.807) is 14.2 Å². The third kappa shape index (κ3) is 2.60. The fourth-order valence-electron chi connectivity index (χ4n) is 1.10. The number of benzene rings is 1. The lowest BCUT2D eigenvalue weighted by Gasteiger charge is -2.05. The first-order chi connectivity index (χ1) is 6.69. The van der Waals surface area contributed by atoms with E-state index < -0.39 is 0 Å². The summed E-state index contributed by atoms with van der Waals surface area (Å²) in [4.78, 5) is 4.72. The van der Waals surface area contributed by atoms with Crippen LogP contribution in [0.1, 0.15) is 12.5 Å². The maximum absolute atomic E-state index is 5.11. The van der Waals surface area contributed by atoms with Crippen molar-refractivity contribution in [2.24, 2.45) is 5.16 Å². The molecule has 0 fully saturated rings. The van der Waals surface area contributed by atoms with Gasteiger partial charge in [-0.15, -0.1) is 0 Å². The second kappa shape index (κ2) is 5.19. The standard InChI is InChI=1S/C10H12INO2/c1-7(12-14-3)9-5-4-8(13-2)6-10(9)11/h4-6H,1-3H3/b12-7+. The summed E-state index contributed by atoms with van der Waals surface area (Å²) >= 11 is 2.25. The zero-order chi connectivity index (χ0) is 10.6. The fourth-order valence-corrected chi connectivity index (χ4v) is 1.98. The SMILES string of the molecule is CO/N=C(\C)c1ccc(OC)cc1I. The normalized spacial score (nSPS) is 11.3.